The molecule has 0 unspecified atom stereocenters. The summed E-state index contributed by atoms with van der Waals surface area (Å²) in [6, 6.07) is 3.56. The molecule has 0 bridgehead atoms. The average Bonchev–Trinajstić information content (AvgIpc) is 2.09. The summed E-state index contributed by atoms with van der Waals surface area (Å²) in [5.41, 5.74) is 6.09. The Labute approximate surface area is 71.4 Å². The summed E-state index contributed by atoms with van der Waals surface area (Å²) in [5, 5.41) is 11.7. The van der Waals surface area contributed by atoms with Crippen molar-refractivity contribution < 1.29 is 5.11 Å². The first kappa shape index (κ1) is 8.80. The van der Waals surface area contributed by atoms with Crippen molar-refractivity contribution in [2.45, 2.75) is 13.0 Å². The smallest absolute Gasteiger partial charge is 0.126 e. The fraction of sp³-hybridized carbons (Fsp3) is 0.375. The molecule has 0 spiro atoms. The second kappa shape index (κ2) is 3.92. The third-order valence-corrected chi connectivity index (χ3v) is 1.45. The minimum atomic E-state index is 0.0149. The van der Waals surface area contributed by atoms with Gasteiger partial charge >= 0.3 is 0 Å². The summed E-state index contributed by atoms with van der Waals surface area (Å²) in [5.74, 6) is 0.728. The van der Waals surface area contributed by atoms with Crippen LogP contribution in [-0.2, 0) is 0 Å². The molecule has 4 heteroatoms. The van der Waals surface area contributed by atoms with E-state index in [1.807, 2.05) is 6.92 Å². The molecule has 1 heterocycles. The number of aliphatic hydroxyl groups is 1. The first-order valence-corrected chi connectivity index (χ1v) is 3.81. The van der Waals surface area contributed by atoms with Crippen molar-refractivity contribution in [1.82, 2.24) is 4.98 Å². The van der Waals surface area contributed by atoms with Gasteiger partial charge < -0.3 is 16.2 Å². The molecule has 0 aliphatic carbocycles. The molecule has 4 nitrogen and oxygen atoms in total. The van der Waals surface area contributed by atoms with Crippen LogP contribution in [0.3, 0.4) is 0 Å². The fourth-order valence-electron chi connectivity index (χ4n) is 0.789. The van der Waals surface area contributed by atoms with E-state index >= 15 is 0 Å². The molecule has 1 rings (SSSR count). The standard InChI is InChI=1S/C8H13N3O/c1-6(5-12)11-8-3-2-7(9)4-10-8/h2-4,6,12H,5,9H2,1H3,(H,10,11)/t6-/m1/s1. The van der Waals surface area contributed by atoms with Crippen LogP contribution in [0.2, 0.25) is 0 Å². The zero-order valence-electron chi connectivity index (χ0n) is 6.99. The Kier molecular flexibility index (Phi) is 2.88. The number of hydrogen-bond acceptors (Lipinski definition) is 4. The highest BCUT2D eigenvalue weighted by atomic mass is 16.3. The number of pyridine rings is 1. The van der Waals surface area contributed by atoms with E-state index in [4.69, 9.17) is 10.8 Å². The van der Waals surface area contributed by atoms with E-state index in [-0.39, 0.29) is 12.6 Å². The number of aromatic nitrogens is 1. The SMILES string of the molecule is C[C@H](CO)Nc1ccc(N)cn1. The minimum Gasteiger partial charge on any atom is -0.397 e. The average molecular weight is 167 g/mol. The van der Waals surface area contributed by atoms with Crippen LogP contribution in [-0.4, -0.2) is 22.7 Å². The largest absolute Gasteiger partial charge is 0.397 e. The monoisotopic (exact) mass is 167 g/mol. The van der Waals surface area contributed by atoms with Gasteiger partial charge in [0.05, 0.1) is 18.5 Å². The quantitative estimate of drug-likeness (QED) is 0.611. The molecule has 1 aromatic heterocycles. The predicted octanol–water partition coefficient (Wildman–Crippen LogP) is 0.457. The van der Waals surface area contributed by atoms with Gasteiger partial charge in [0, 0.05) is 6.04 Å². The molecule has 0 saturated carbocycles. The molecule has 0 fully saturated rings. The summed E-state index contributed by atoms with van der Waals surface area (Å²) >= 11 is 0. The van der Waals surface area contributed by atoms with E-state index in [2.05, 4.69) is 10.3 Å². The summed E-state index contributed by atoms with van der Waals surface area (Å²) < 4.78 is 0. The number of nitrogens with one attached hydrogen (secondary N) is 1. The van der Waals surface area contributed by atoms with E-state index in [0.717, 1.165) is 5.82 Å². The van der Waals surface area contributed by atoms with Gasteiger partial charge in [-0.3, -0.25) is 0 Å². The third kappa shape index (κ3) is 2.39. The number of anilines is 2. The van der Waals surface area contributed by atoms with Gasteiger partial charge in [-0.05, 0) is 19.1 Å². The van der Waals surface area contributed by atoms with Crippen LogP contribution in [0.15, 0.2) is 18.3 Å². The zero-order chi connectivity index (χ0) is 8.97. The summed E-state index contributed by atoms with van der Waals surface area (Å²) in [6.45, 7) is 1.96. The van der Waals surface area contributed by atoms with Crippen molar-refractivity contribution >= 4 is 11.5 Å². The van der Waals surface area contributed by atoms with Crippen molar-refractivity contribution in [1.29, 1.82) is 0 Å². The number of rotatable bonds is 3. The molecule has 0 saturated heterocycles. The van der Waals surface area contributed by atoms with Gasteiger partial charge in [0.1, 0.15) is 5.82 Å². The number of nitrogens with two attached hydrogens (primary N) is 1. The lowest BCUT2D eigenvalue weighted by Gasteiger charge is -2.10. The van der Waals surface area contributed by atoms with Crippen LogP contribution in [0.4, 0.5) is 11.5 Å². The minimum absolute atomic E-state index is 0.0149. The maximum atomic E-state index is 8.74. The molecule has 0 radical (unpaired) electrons. The van der Waals surface area contributed by atoms with Gasteiger partial charge in [-0.15, -0.1) is 0 Å². The highest BCUT2D eigenvalue weighted by Gasteiger charge is 1.99. The Morgan fingerprint density at radius 3 is 2.92 bits per heavy atom. The summed E-state index contributed by atoms with van der Waals surface area (Å²) in [4.78, 5) is 4.02. The van der Waals surface area contributed by atoms with Crippen molar-refractivity contribution in [3.63, 3.8) is 0 Å². The maximum absolute atomic E-state index is 8.74. The van der Waals surface area contributed by atoms with Gasteiger partial charge in [-0.1, -0.05) is 0 Å². The van der Waals surface area contributed by atoms with E-state index < -0.39 is 0 Å². The normalized spacial score (nSPS) is 12.5. The number of nitrogens with zero attached hydrogens (tertiary/aromatic N) is 1. The highest BCUT2D eigenvalue weighted by Crippen LogP contribution is 2.06. The van der Waals surface area contributed by atoms with Crippen LogP contribution in [0.25, 0.3) is 0 Å². The van der Waals surface area contributed by atoms with Crippen LogP contribution in [0, 0.1) is 0 Å². The maximum Gasteiger partial charge on any atom is 0.126 e. The Bertz CT molecular complexity index is 235. The lowest BCUT2D eigenvalue weighted by molar-refractivity contribution is 0.281. The zero-order valence-corrected chi connectivity index (χ0v) is 6.99. The number of hydrogen-bond donors (Lipinski definition) is 3. The summed E-state index contributed by atoms with van der Waals surface area (Å²) in [6.07, 6.45) is 1.58. The van der Waals surface area contributed by atoms with Crippen LogP contribution in [0.1, 0.15) is 6.92 Å². The van der Waals surface area contributed by atoms with Crippen molar-refractivity contribution in [2.24, 2.45) is 0 Å². The molecule has 66 valence electrons. The predicted molar refractivity (Wildman–Crippen MR) is 48.8 cm³/mol. The first-order valence-electron chi connectivity index (χ1n) is 3.81. The van der Waals surface area contributed by atoms with E-state index in [1.54, 1.807) is 18.3 Å². The first-order chi connectivity index (χ1) is 5.72. The highest BCUT2D eigenvalue weighted by molar-refractivity contribution is 5.44. The molecule has 4 N–H and O–H groups in total. The number of nitrogen functional groups attached to an aromatic ring is 1. The second-order valence-corrected chi connectivity index (χ2v) is 2.70. The number of aliphatic hydroxyl groups excluding tert-OH is 1. The molecule has 0 amide bonds. The van der Waals surface area contributed by atoms with Gasteiger partial charge in [0.25, 0.3) is 0 Å². The van der Waals surface area contributed by atoms with Gasteiger partial charge in [-0.25, -0.2) is 4.98 Å². The van der Waals surface area contributed by atoms with E-state index in [0.29, 0.717) is 5.69 Å². The van der Waals surface area contributed by atoms with Crippen molar-refractivity contribution in [3.8, 4) is 0 Å². The van der Waals surface area contributed by atoms with Gasteiger partial charge in [0.2, 0.25) is 0 Å². The molecule has 1 aromatic rings. The summed E-state index contributed by atoms with van der Waals surface area (Å²) in [7, 11) is 0. The molecule has 12 heavy (non-hydrogen) atoms. The fourth-order valence-corrected chi connectivity index (χ4v) is 0.789. The molecule has 0 aromatic carbocycles. The second-order valence-electron chi connectivity index (χ2n) is 2.70. The lowest BCUT2D eigenvalue weighted by Crippen LogP contribution is -2.19. The Hall–Kier alpha value is -1.29. The van der Waals surface area contributed by atoms with Crippen LogP contribution in [0.5, 0.6) is 0 Å². The topological polar surface area (TPSA) is 71.2 Å². The molecular formula is C8H13N3O. The van der Waals surface area contributed by atoms with Gasteiger partial charge in [0.15, 0.2) is 0 Å². The lowest BCUT2D eigenvalue weighted by atomic mass is 10.3. The molecular weight excluding hydrogens is 154 g/mol. The van der Waals surface area contributed by atoms with Crippen LogP contribution < -0.4 is 11.1 Å². The third-order valence-electron chi connectivity index (χ3n) is 1.45. The Morgan fingerprint density at radius 2 is 2.42 bits per heavy atom. The van der Waals surface area contributed by atoms with Crippen molar-refractivity contribution in [2.75, 3.05) is 17.7 Å². The molecule has 0 aliphatic heterocycles. The Morgan fingerprint density at radius 1 is 1.67 bits per heavy atom. The van der Waals surface area contributed by atoms with Crippen molar-refractivity contribution in [3.05, 3.63) is 18.3 Å². The van der Waals surface area contributed by atoms with Crippen LogP contribution >= 0.6 is 0 Å². The van der Waals surface area contributed by atoms with E-state index in [1.165, 1.54) is 0 Å². The van der Waals surface area contributed by atoms with Gasteiger partial charge in [-0.2, -0.15) is 0 Å². The molecule has 1 atom stereocenters. The van der Waals surface area contributed by atoms with E-state index in [9.17, 15) is 0 Å². The molecule has 0 aliphatic rings. The Balaban J connectivity index is 2.58.